The van der Waals surface area contributed by atoms with Crippen LogP contribution in [-0.4, -0.2) is 18.4 Å². The number of nitrogens with zero attached hydrogens (tertiary/aromatic N) is 1. The van der Waals surface area contributed by atoms with Crippen LogP contribution in [-0.2, 0) is 44.0 Å². The maximum atomic E-state index is 11.4. The summed E-state index contributed by atoms with van der Waals surface area (Å²) in [6.45, 7) is 2.92. The van der Waals surface area contributed by atoms with E-state index in [1.54, 1.807) is 6.92 Å². The van der Waals surface area contributed by atoms with Crippen molar-refractivity contribution in [1.29, 1.82) is 0 Å². The third-order valence-corrected chi connectivity index (χ3v) is 3.35. The fourth-order valence-corrected chi connectivity index (χ4v) is 2.05. The molecule has 4 heteroatoms. The zero-order valence-electron chi connectivity index (χ0n) is 14.4. The molecule has 0 saturated carbocycles. The molecular formula is C20H26N2OY-2. The fourth-order valence-electron chi connectivity index (χ4n) is 2.05. The standard InChI is InChI=1S/C14H21N2O.C6H5.Y/c1-12(17)14(9-5-6-10-15)16-11-13-7-3-2-4-8-13;1-2-4-6-5-3-1;/h2-4,7-8,14H,5-6,9-11,15H2,1H3;1-5H;/q2*-1;. The van der Waals surface area contributed by atoms with Crippen LogP contribution in [0.2, 0.25) is 0 Å². The predicted molar refractivity (Wildman–Crippen MR) is 96.2 cm³/mol. The van der Waals surface area contributed by atoms with Crippen LogP contribution in [0.4, 0.5) is 0 Å². The van der Waals surface area contributed by atoms with E-state index in [4.69, 9.17) is 5.73 Å². The van der Waals surface area contributed by atoms with Crippen LogP contribution in [0.5, 0.6) is 0 Å². The maximum absolute atomic E-state index is 11.4. The van der Waals surface area contributed by atoms with Crippen molar-refractivity contribution in [3.63, 3.8) is 0 Å². The quantitative estimate of drug-likeness (QED) is 0.536. The van der Waals surface area contributed by atoms with E-state index in [1.165, 1.54) is 0 Å². The van der Waals surface area contributed by atoms with Gasteiger partial charge in [0.05, 0.1) is 0 Å². The zero-order chi connectivity index (χ0) is 16.8. The molecule has 0 spiro atoms. The van der Waals surface area contributed by atoms with Gasteiger partial charge in [0.15, 0.2) is 0 Å². The van der Waals surface area contributed by atoms with Crippen LogP contribution < -0.4 is 5.73 Å². The van der Waals surface area contributed by atoms with Gasteiger partial charge in [-0.05, 0) is 19.9 Å². The van der Waals surface area contributed by atoms with Gasteiger partial charge in [-0.2, -0.15) is 36.4 Å². The van der Waals surface area contributed by atoms with Crippen molar-refractivity contribution in [3.05, 3.63) is 77.6 Å². The third-order valence-electron chi connectivity index (χ3n) is 3.35. The van der Waals surface area contributed by atoms with E-state index < -0.39 is 0 Å². The molecule has 2 N–H and O–H groups in total. The molecule has 1 unspecified atom stereocenters. The number of carbonyl (C=O) groups is 1. The summed E-state index contributed by atoms with van der Waals surface area (Å²) in [6, 6.07) is 22.3. The van der Waals surface area contributed by atoms with Crippen LogP contribution in [0.15, 0.2) is 60.7 Å². The Labute approximate surface area is 171 Å². The van der Waals surface area contributed by atoms with Gasteiger partial charge >= 0.3 is 0 Å². The summed E-state index contributed by atoms with van der Waals surface area (Å²) in [5, 5.41) is 4.47. The minimum Gasteiger partial charge on any atom is -0.650 e. The van der Waals surface area contributed by atoms with Crippen molar-refractivity contribution in [2.75, 3.05) is 6.54 Å². The molecule has 0 saturated heterocycles. The topological polar surface area (TPSA) is 57.2 Å². The normalized spacial score (nSPS) is 10.8. The second-order valence-electron chi connectivity index (χ2n) is 5.31. The predicted octanol–water partition coefficient (Wildman–Crippen LogP) is 4.13. The molecule has 0 aliphatic carbocycles. The molecule has 0 aliphatic rings. The Balaban J connectivity index is 0.000000635. The number of hydrogen-bond donors (Lipinski definition) is 1. The molecule has 1 radical (unpaired) electrons. The smallest absolute Gasteiger partial charge is 0.112 e. The van der Waals surface area contributed by atoms with Crippen molar-refractivity contribution >= 4 is 5.78 Å². The number of ketones is 1. The van der Waals surface area contributed by atoms with E-state index >= 15 is 0 Å². The van der Waals surface area contributed by atoms with Gasteiger partial charge in [0.1, 0.15) is 5.78 Å². The van der Waals surface area contributed by atoms with Gasteiger partial charge < -0.3 is 15.8 Å². The van der Waals surface area contributed by atoms with E-state index in [1.807, 2.05) is 60.7 Å². The first-order valence-electron chi connectivity index (χ1n) is 8.06. The monoisotopic (exact) mass is 399 g/mol. The molecule has 0 bridgehead atoms. The molecule has 0 heterocycles. The Bertz CT molecular complexity index is 493. The number of hydrogen-bond acceptors (Lipinski definition) is 2. The first-order chi connectivity index (χ1) is 11.2. The molecule has 3 nitrogen and oxygen atoms in total. The van der Waals surface area contributed by atoms with Crippen LogP contribution in [0.25, 0.3) is 5.32 Å². The van der Waals surface area contributed by atoms with Crippen LogP contribution in [0.1, 0.15) is 31.7 Å². The van der Waals surface area contributed by atoms with Gasteiger partial charge in [0.2, 0.25) is 0 Å². The average molecular weight is 399 g/mol. The number of Topliss-reactive ketones (excluding diaryl/α,β-unsaturated/α-hetero) is 1. The van der Waals surface area contributed by atoms with Gasteiger partial charge in [-0.3, -0.25) is 0 Å². The van der Waals surface area contributed by atoms with Crippen molar-refractivity contribution in [1.82, 2.24) is 0 Å². The molecule has 0 amide bonds. The Morgan fingerprint density at radius 2 is 1.71 bits per heavy atom. The molecule has 0 fully saturated rings. The summed E-state index contributed by atoms with van der Waals surface area (Å²) in [6.07, 6.45) is 2.75. The number of rotatable bonds is 8. The molecule has 127 valence electrons. The Kier molecular flexibility index (Phi) is 15.1. The molecule has 2 aromatic rings. The maximum Gasteiger partial charge on any atom is 0.112 e. The van der Waals surface area contributed by atoms with E-state index in [2.05, 4.69) is 11.4 Å². The molecule has 1 atom stereocenters. The van der Waals surface area contributed by atoms with Gasteiger partial charge in [0, 0.05) is 32.7 Å². The molecule has 0 aromatic heterocycles. The number of carbonyl (C=O) groups excluding carboxylic acids is 1. The first kappa shape index (κ1) is 23.1. The zero-order valence-corrected chi connectivity index (χ0v) is 17.2. The Hall–Kier alpha value is -0.866. The molecule has 24 heavy (non-hydrogen) atoms. The van der Waals surface area contributed by atoms with Crippen molar-refractivity contribution in [3.8, 4) is 0 Å². The molecular weight excluding hydrogens is 373 g/mol. The minimum atomic E-state index is -0.165. The van der Waals surface area contributed by atoms with Crippen LogP contribution in [0, 0.1) is 6.07 Å². The van der Waals surface area contributed by atoms with Crippen LogP contribution in [0.3, 0.4) is 0 Å². The minimum absolute atomic E-state index is 0. The van der Waals surface area contributed by atoms with Crippen molar-refractivity contribution < 1.29 is 37.5 Å². The summed E-state index contributed by atoms with van der Waals surface area (Å²) >= 11 is 0. The largest absolute Gasteiger partial charge is 0.650 e. The van der Waals surface area contributed by atoms with Gasteiger partial charge in [-0.25, -0.2) is 0 Å². The van der Waals surface area contributed by atoms with E-state index in [0.29, 0.717) is 13.1 Å². The number of unbranched alkanes of at least 4 members (excludes halogenated alkanes) is 1. The number of nitrogens with two attached hydrogens (primary N) is 1. The van der Waals surface area contributed by atoms with E-state index in [-0.39, 0.29) is 44.5 Å². The van der Waals surface area contributed by atoms with E-state index in [0.717, 1.165) is 24.8 Å². The Morgan fingerprint density at radius 1 is 1.08 bits per heavy atom. The SMILES string of the molecule is CC(=O)C(CCCCN)[N-]Cc1ccccc1.[Y].[c-]1ccccc1. The third kappa shape index (κ3) is 11.6. The second-order valence-corrected chi connectivity index (χ2v) is 5.31. The van der Waals surface area contributed by atoms with Gasteiger partial charge in [-0.1, -0.05) is 54.8 Å². The van der Waals surface area contributed by atoms with Gasteiger partial charge in [-0.15, -0.1) is 6.54 Å². The summed E-state index contributed by atoms with van der Waals surface area (Å²) in [7, 11) is 0. The Morgan fingerprint density at radius 3 is 2.17 bits per heavy atom. The number of benzene rings is 2. The first-order valence-corrected chi connectivity index (χ1v) is 8.06. The molecule has 2 rings (SSSR count). The molecule has 0 aliphatic heterocycles. The second kappa shape index (κ2) is 15.6. The summed E-state index contributed by atoms with van der Waals surface area (Å²) in [5.74, 6) is 0.151. The van der Waals surface area contributed by atoms with Crippen LogP contribution >= 0.6 is 0 Å². The summed E-state index contributed by atoms with van der Waals surface area (Å²) in [4.78, 5) is 11.4. The van der Waals surface area contributed by atoms with Crippen molar-refractivity contribution in [2.24, 2.45) is 5.73 Å². The van der Waals surface area contributed by atoms with E-state index in [9.17, 15) is 4.79 Å². The molecule has 2 aromatic carbocycles. The fraction of sp³-hybridized carbons (Fsp3) is 0.350. The average Bonchev–Trinajstić information content (AvgIpc) is 2.60. The van der Waals surface area contributed by atoms with Crippen molar-refractivity contribution in [2.45, 2.75) is 38.8 Å². The van der Waals surface area contributed by atoms with Gasteiger partial charge in [0.25, 0.3) is 0 Å². The summed E-state index contributed by atoms with van der Waals surface area (Å²) < 4.78 is 0. The summed E-state index contributed by atoms with van der Waals surface area (Å²) in [5.41, 5.74) is 6.59.